The van der Waals surface area contributed by atoms with Crippen molar-refractivity contribution in [3.8, 4) is 5.75 Å². The first-order chi connectivity index (χ1) is 20.4. The molecule has 2 aromatic carbocycles. The van der Waals surface area contributed by atoms with Crippen LogP contribution in [0.25, 0.3) is 0 Å². The van der Waals surface area contributed by atoms with Gasteiger partial charge in [0.05, 0.1) is 36.8 Å². The number of nitrogens with one attached hydrogen (secondary N) is 2. The molecule has 42 heavy (non-hydrogen) atoms. The van der Waals surface area contributed by atoms with Crippen LogP contribution in [0.5, 0.6) is 5.75 Å². The van der Waals surface area contributed by atoms with Gasteiger partial charge < -0.3 is 20.3 Å². The predicted octanol–water partition coefficient (Wildman–Crippen LogP) is 5.05. The lowest BCUT2D eigenvalue weighted by atomic mass is 10.0. The van der Waals surface area contributed by atoms with Crippen LogP contribution < -0.4 is 25.3 Å². The summed E-state index contributed by atoms with van der Waals surface area (Å²) in [6.45, 7) is 10.6. The summed E-state index contributed by atoms with van der Waals surface area (Å²) in [7, 11) is 1.58. The number of hydrogen-bond donors (Lipinski definition) is 2. The van der Waals surface area contributed by atoms with Crippen LogP contribution in [0.2, 0.25) is 0 Å². The van der Waals surface area contributed by atoms with E-state index in [1.165, 1.54) is 23.5 Å². The molecule has 0 aliphatic carbocycles. The molecule has 2 saturated heterocycles. The molecule has 3 aromatic rings. The normalized spacial score (nSPS) is 17.3. The highest BCUT2D eigenvalue weighted by atomic mass is 19.1. The summed E-state index contributed by atoms with van der Waals surface area (Å²) in [5.74, 6) is -0.0393. The molecule has 12 heteroatoms. The Morgan fingerprint density at radius 1 is 1.14 bits per heavy atom. The fourth-order valence-corrected chi connectivity index (χ4v) is 5.33. The molecule has 0 bridgehead atoms. The number of amides is 1. The zero-order chi connectivity index (χ0) is 29.6. The number of benzene rings is 2. The van der Waals surface area contributed by atoms with Gasteiger partial charge in [0.25, 0.3) is 0 Å². The Labute approximate surface area is 243 Å². The topological polar surface area (TPSA) is 95.1 Å². The molecular weight excluding hydrogens is 544 g/mol. The number of hydrogen-bond acceptors (Lipinski definition) is 9. The summed E-state index contributed by atoms with van der Waals surface area (Å²) in [5, 5.41) is 7.65. The van der Waals surface area contributed by atoms with Gasteiger partial charge in [-0.1, -0.05) is 13.5 Å². The molecule has 0 saturated carbocycles. The standard InChI is InChI=1S/C30H35F2N7O3/c1-4-9-37-10-12-38(13-11-37)26-17-27(41-3)24(16-23(26)36-30(40)5-2)35-28-18-29(34-19-33-28)39-25(8-14-42-39)21-15-20(31)6-7-22(21)32/h5-7,15-19,25H,2,4,8-14H2,1,3H3,(H,36,40)(H,33,34,35)/t25-/m1/s1. The number of piperazine rings is 1. The summed E-state index contributed by atoms with van der Waals surface area (Å²) in [6.07, 6.45) is 4.15. The van der Waals surface area contributed by atoms with Crippen LogP contribution >= 0.6 is 0 Å². The van der Waals surface area contributed by atoms with E-state index in [1.54, 1.807) is 19.2 Å². The van der Waals surface area contributed by atoms with Gasteiger partial charge in [-0.2, -0.15) is 0 Å². The van der Waals surface area contributed by atoms with Crippen molar-refractivity contribution in [1.82, 2.24) is 14.9 Å². The molecule has 2 aliphatic rings. The highest BCUT2D eigenvalue weighted by Crippen LogP contribution is 2.40. The molecule has 1 aromatic heterocycles. The zero-order valence-electron chi connectivity index (χ0n) is 23.8. The number of rotatable bonds is 10. The summed E-state index contributed by atoms with van der Waals surface area (Å²) < 4.78 is 34.2. The fraction of sp³-hybridized carbons (Fsp3) is 0.367. The van der Waals surface area contributed by atoms with E-state index in [9.17, 15) is 13.6 Å². The van der Waals surface area contributed by atoms with Crippen molar-refractivity contribution in [3.63, 3.8) is 0 Å². The number of halogens is 2. The third kappa shape index (κ3) is 6.44. The summed E-state index contributed by atoms with van der Waals surface area (Å²) in [4.78, 5) is 31.5. The van der Waals surface area contributed by atoms with E-state index in [1.807, 2.05) is 6.07 Å². The van der Waals surface area contributed by atoms with Crippen molar-refractivity contribution in [2.75, 3.05) is 67.0 Å². The van der Waals surface area contributed by atoms with Crippen molar-refractivity contribution in [2.24, 2.45) is 0 Å². The van der Waals surface area contributed by atoms with Crippen molar-refractivity contribution in [1.29, 1.82) is 0 Å². The van der Waals surface area contributed by atoms with Gasteiger partial charge in [0, 0.05) is 50.3 Å². The fourth-order valence-electron chi connectivity index (χ4n) is 5.33. The number of carbonyl (C=O) groups excluding carboxylic acids is 1. The van der Waals surface area contributed by atoms with Crippen LogP contribution in [0.3, 0.4) is 0 Å². The molecule has 0 radical (unpaired) electrons. The van der Waals surface area contributed by atoms with E-state index in [-0.39, 0.29) is 11.5 Å². The maximum absolute atomic E-state index is 14.6. The molecule has 10 nitrogen and oxygen atoms in total. The van der Waals surface area contributed by atoms with Gasteiger partial charge in [0.1, 0.15) is 29.5 Å². The zero-order valence-corrected chi connectivity index (χ0v) is 23.8. The summed E-state index contributed by atoms with van der Waals surface area (Å²) in [5.41, 5.74) is 2.20. The number of nitrogens with zero attached hydrogens (tertiary/aromatic N) is 5. The quantitative estimate of drug-likeness (QED) is 0.320. The highest BCUT2D eigenvalue weighted by Gasteiger charge is 2.31. The predicted molar refractivity (Wildman–Crippen MR) is 158 cm³/mol. The van der Waals surface area contributed by atoms with Crippen molar-refractivity contribution < 1.29 is 23.1 Å². The first kappa shape index (κ1) is 29.2. The van der Waals surface area contributed by atoms with Crippen LogP contribution in [0.1, 0.15) is 31.4 Å². The third-order valence-electron chi connectivity index (χ3n) is 7.38. The van der Waals surface area contributed by atoms with Crippen LogP contribution in [-0.4, -0.2) is 67.2 Å². The average molecular weight is 580 g/mol. The van der Waals surface area contributed by atoms with E-state index >= 15 is 0 Å². The number of anilines is 5. The Kier molecular flexibility index (Phi) is 9.13. The lowest BCUT2D eigenvalue weighted by Gasteiger charge is -2.37. The van der Waals surface area contributed by atoms with E-state index in [0.29, 0.717) is 41.8 Å². The second kappa shape index (κ2) is 13.1. The second-order valence-electron chi connectivity index (χ2n) is 10.1. The molecule has 222 valence electrons. The third-order valence-corrected chi connectivity index (χ3v) is 7.38. The molecule has 2 fully saturated rings. The van der Waals surface area contributed by atoms with Gasteiger partial charge >= 0.3 is 0 Å². The highest BCUT2D eigenvalue weighted by molar-refractivity contribution is 6.02. The van der Waals surface area contributed by atoms with Crippen LogP contribution in [0, 0.1) is 11.6 Å². The molecule has 0 unspecified atom stereocenters. The Morgan fingerprint density at radius 3 is 2.69 bits per heavy atom. The first-order valence-corrected chi connectivity index (χ1v) is 14.0. The van der Waals surface area contributed by atoms with Gasteiger partial charge in [-0.3, -0.25) is 14.5 Å². The van der Waals surface area contributed by atoms with E-state index in [4.69, 9.17) is 9.57 Å². The maximum atomic E-state index is 14.6. The smallest absolute Gasteiger partial charge is 0.247 e. The molecule has 3 heterocycles. The molecule has 2 N–H and O–H groups in total. The molecule has 2 aliphatic heterocycles. The van der Waals surface area contributed by atoms with Gasteiger partial charge in [0.2, 0.25) is 5.91 Å². The second-order valence-corrected chi connectivity index (χ2v) is 10.1. The Balaban J connectivity index is 1.42. The number of aromatic nitrogens is 2. The van der Waals surface area contributed by atoms with Crippen molar-refractivity contribution >= 4 is 34.6 Å². The largest absolute Gasteiger partial charge is 0.494 e. The van der Waals surface area contributed by atoms with Gasteiger partial charge in [-0.05, 0) is 43.3 Å². The van der Waals surface area contributed by atoms with E-state index < -0.39 is 17.7 Å². The SMILES string of the molecule is C=CC(=O)Nc1cc(Nc2cc(N3OCC[C@@H]3c3cc(F)ccc3F)ncn2)c(OC)cc1N1CCN(CCC)CC1. The molecule has 0 spiro atoms. The van der Waals surface area contributed by atoms with Crippen LogP contribution in [0.15, 0.2) is 55.4 Å². The Hall–Kier alpha value is -4.29. The molecule has 1 amide bonds. The lowest BCUT2D eigenvalue weighted by Crippen LogP contribution is -2.46. The lowest BCUT2D eigenvalue weighted by molar-refractivity contribution is -0.111. The van der Waals surface area contributed by atoms with Crippen LogP contribution in [0.4, 0.5) is 37.5 Å². The minimum Gasteiger partial charge on any atom is -0.494 e. The minimum atomic E-state index is -0.559. The van der Waals surface area contributed by atoms with Crippen LogP contribution in [-0.2, 0) is 9.63 Å². The number of ether oxygens (including phenoxy) is 1. The van der Waals surface area contributed by atoms with Crippen molar-refractivity contribution in [3.05, 3.63) is 72.6 Å². The van der Waals surface area contributed by atoms with E-state index in [0.717, 1.165) is 57.0 Å². The van der Waals surface area contributed by atoms with Gasteiger partial charge in [0.15, 0.2) is 5.82 Å². The molecule has 1 atom stereocenters. The minimum absolute atomic E-state index is 0.191. The number of methoxy groups -OCH3 is 1. The first-order valence-electron chi connectivity index (χ1n) is 14.0. The Bertz CT molecular complexity index is 1430. The Morgan fingerprint density at radius 2 is 1.95 bits per heavy atom. The van der Waals surface area contributed by atoms with E-state index in [2.05, 4.69) is 43.9 Å². The summed E-state index contributed by atoms with van der Waals surface area (Å²) >= 11 is 0. The van der Waals surface area contributed by atoms with Crippen molar-refractivity contribution in [2.45, 2.75) is 25.8 Å². The monoisotopic (exact) mass is 579 g/mol. The average Bonchev–Trinajstić information content (AvgIpc) is 3.49. The number of hydroxylamine groups is 1. The maximum Gasteiger partial charge on any atom is 0.247 e. The summed E-state index contributed by atoms with van der Waals surface area (Å²) in [6, 6.07) is 8.16. The molecule has 5 rings (SSSR count). The van der Waals surface area contributed by atoms with Gasteiger partial charge in [-0.15, -0.1) is 0 Å². The number of carbonyl (C=O) groups is 1. The molecular formula is C30H35F2N7O3. The van der Waals surface area contributed by atoms with Gasteiger partial charge in [-0.25, -0.2) is 23.8 Å².